The van der Waals surface area contributed by atoms with Gasteiger partial charge in [0.05, 0.1) is 6.67 Å². The highest BCUT2D eigenvalue weighted by Gasteiger charge is 2.07. The van der Waals surface area contributed by atoms with Crippen LogP contribution in [0.15, 0.2) is 17.1 Å². The summed E-state index contributed by atoms with van der Waals surface area (Å²) in [5.41, 5.74) is 0. The number of guanidine groups is 1. The van der Waals surface area contributed by atoms with Crippen molar-refractivity contribution in [1.82, 2.24) is 10.6 Å². The van der Waals surface area contributed by atoms with Crippen molar-refractivity contribution in [2.45, 2.75) is 39.7 Å². The fourth-order valence-corrected chi connectivity index (χ4v) is 2.77. The highest BCUT2D eigenvalue weighted by Crippen LogP contribution is 2.16. The summed E-state index contributed by atoms with van der Waals surface area (Å²) in [7, 11) is 0. The number of halogens is 2. The van der Waals surface area contributed by atoms with E-state index in [0.717, 1.165) is 18.9 Å². The lowest BCUT2D eigenvalue weighted by Crippen LogP contribution is -2.43. The van der Waals surface area contributed by atoms with E-state index in [1.165, 1.54) is 9.75 Å². The minimum absolute atomic E-state index is 0. The lowest BCUT2D eigenvalue weighted by molar-refractivity contribution is 0.477. The van der Waals surface area contributed by atoms with Crippen LogP contribution in [0, 0.1) is 6.92 Å². The Morgan fingerprint density at radius 3 is 2.75 bits per heavy atom. The van der Waals surface area contributed by atoms with E-state index in [-0.39, 0.29) is 30.7 Å². The molecule has 1 rings (SSSR count). The van der Waals surface area contributed by atoms with Gasteiger partial charge in [-0.2, -0.15) is 0 Å². The third-order valence-corrected chi connectivity index (χ3v) is 3.62. The molecule has 1 atom stereocenters. The topological polar surface area (TPSA) is 36.4 Å². The van der Waals surface area contributed by atoms with Crippen molar-refractivity contribution < 1.29 is 4.39 Å². The van der Waals surface area contributed by atoms with Crippen molar-refractivity contribution in [3.05, 3.63) is 21.9 Å². The van der Waals surface area contributed by atoms with E-state index >= 15 is 0 Å². The number of alkyl halides is 1. The molecule has 0 aliphatic rings. The molecular weight excluding hydrogens is 388 g/mol. The van der Waals surface area contributed by atoms with Crippen molar-refractivity contribution in [2.24, 2.45) is 4.99 Å². The van der Waals surface area contributed by atoms with Gasteiger partial charge in [0, 0.05) is 35.3 Å². The molecule has 0 saturated carbocycles. The van der Waals surface area contributed by atoms with Crippen LogP contribution < -0.4 is 10.6 Å². The van der Waals surface area contributed by atoms with Crippen molar-refractivity contribution >= 4 is 41.3 Å². The average molecular weight is 413 g/mol. The number of nitrogens with zero attached hydrogens (tertiary/aromatic N) is 1. The molecule has 0 aliphatic carbocycles. The Labute approximate surface area is 142 Å². The second-order valence-electron chi connectivity index (χ2n) is 4.57. The molecule has 0 saturated heterocycles. The monoisotopic (exact) mass is 413 g/mol. The average Bonchev–Trinajstić information content (AvgIpc) is 2.75. The molecule has 0 spiro atoms. The first-order valence-corrected chi connectivity index (χ1v) is 7.63. The molecule has 20 heavy (non-hydrogen) atoms. The summed E-state index contributed by atoms with van der Waals surface area (Å²) in [6.07, 6.45) is 1.46. The van der Waals surface area contributed by atoms with E-state index in [1.54, 1.807) is 0 Å². The molecule has 0 aromatic carbocycles. The molecule has 0 bridgehead atoms. The number of nitrogens with one attached hydrogen (secondary N) is 2. The lowest BCUT2D eigenvalue weighted by atomic mass is 10.2. The van der Waals surface area contributed by atoms with Gasteiger partial charge in [0.2, 0.25) is 0 Å². The maximum Gasteiger partial charge on any atom is 0.191 e. The van der Waals surface area contributed by atoms with Gasteiger partial charge in [-0.1, -0.05) is 0 Å². The van der Waals surface area contributed by atoms with Gasteiger partial charge in [-0.3, -0.25) is 9.38 Å². The van der Waals surface area contributed by atoms with Gasteiger partial charge in [0.25, 0.3) is 0 Å². The van der Waals surface area contributed by atoms with Crippen molar-refractivity contribution in [3.63, 3.8) is 0 Å². The van der Waals surface area contributed by atoms with E-state index in [9.17, 15) is 4.39 Å². The Balaban J connectivity index is 0.00000361. The summed E-state index contributed by atoms with van der Waals surface area (Å²) >= 11 is 1.83. The predicted octanol–water partition coefficient (Wildman–Crippen LogP) is 3.52. The van der Waals surface area contributed by atoms with Crippen LogP contribution in [0.5, 0.6) is 0 Å². The van der Waals surface area contributed by atoms with Crippen LogP contribution in [-0.2, 0) is 6.42 Å². The molecule has 1 unspecified atom stereocenters. The molecular formula is C14H25FIN3S. The molecule has 0 radical (unpaired) electrons. The zero-order valence-electron chi connectivity index (χ0n) is 12.4. The molecule has 116 valence electrons. The van der Waals surface area contributed by atoms with Gasteiger partial charge in [-0.15, -0.1) is 35.3 Å². The van der Waals surface area contributed by atoms with E-state index in [2.05, 4.69) is 41.6 Å². The van der Waals surface area contributed by atoms with Crippen LogP contribution in [0.1, 0.15) is 30.0 Å². The summed E-state index contributed by atoms with van der Waals surface area (Å²) < 4.78 is 12.1. The van der Waals surface area contributed by atoms with E-state index in [0.29, 0.717) is 19.0 Å². The molecule has 0 amide bonds. The van der Waals surface area contributed by atoms with Gasteiger partial charge < -0.3 is 10.6 Å². The molecule has 1 heterocycles. The third kappa shape index (κ3) is 8.04. The summed E-state index contributed by atoms with van der Waals surface area (Å²) in [6, 6.07) is 4.62. The van der Waals surface area contributed by atoms with Crippen LogP contribution in [-0.4, -0.2) is 31.8 Å². The van der Waals surface area contributed by atoms with Crippen molar-refractivity contribution in [1.29, 1.82) is 0 Å². The van der Waals surface area contributed by atoms with Crippen LogP contribution in [0.2, 0.25) is 0 Å². The number of thiophene rings is 1. The predicted molar refractivity (Wildman–Crippen MR) is 97.3 cm³/mol. The van der Waals surface area contributed by atoms with Crippen LogP contribution >= 0.6 is 35.3 Å². The van der Waals surface area contributed by atoms with Gasteiger partial charge in [0.1, 0.15) is 0 Å². The Bertz CT molecular complexity index is 396. The minimum Gasteiger partial charge on any atom is -0.357 e. The number of hydrogen-bond donors (Lipinski definition) is 2. The van der Waals surface area contributed by atoms with Gasteiger partial charge in [-0.05, 0) is 39.3 Å². The highest BCUT2D eigenvalue weighted by atomic mass is 127. The second-order valence-corrected chi connectivity index (χ2v) is 5.94. The SMILES string of the molecule is CCNC(=NCCCF)NC(C)Cc1ccc(C)s1.I. The normalized spacial score (nSPS) is 12.7. The maximum atomic E-state index is 12.1. The lowest BCUT2D eigenvalue weighted by Gasteiger charge is -2.17. The quantitative estimate of drug-likeness (QED) is 0.311. The summed E-state index contributed by atoms with van der Waals surface area (Å²) in [5.74, 6) is 0.775. The molecule has 1 aromatic heterocycles. The summed E-state index contributed by atoms with van der Waals surface area (Å²) in [6.45, 7) is 7.31. The van der Waals surface area contributed by atoms with E-state index in [4.69, 9.17) is 0 Å². The van der Waals surface area contributed by atoms with Gasteiger partial charge in [-0.25, -0.2) is 0 Å². The fourth-order valence-electron chi connectivity index (χ4n) is 1.75. The standard InChI is InChI=1S/C14H24FN3S.HI/c1-4-16-14(17-9-5-8-15)18-11(2)10-13-7-6-12(3)19-13;/h6-7,11H,4-5,8-10H2,1-3H3,(H2,16,17,18);1H. The summed E-state index contributed by atoms with van der Waals surface area (Å²) in [4.78, 5) is 7.06. The van der Waals surface area contributed by atoms with Gasteiger partial charge in [0.15, 0.2) is 5.96 Å². The number of aryl methyl sites for hydroxylation is 1. The Morgan fingerprint density at radius 2 is 2.20 bits per heavy atom. The zero-order valence-corrected chi connectivity index (χ0v) is 15.6. The minimum atomic E-state index is -0.313. The molecule has 3 nitrogen and oxygen atoms in total. The van der Waals surface area contributed by atoms with Crippen LogP contribution in [0.4, 0.5) is 4.39 Å². The molecule has 2 N–H and O–H groups in total. The molecule has 1 aromatic rings. The molecule has 0 fully saturated rings. The third-order valence-electron chi connectivity index (χ3n) is 2.59. The number of hydrogen-bond acceptors (Lipinski definition) is 2. The van der Waals surface area contributed by atoms with Crippen LogP contribution in [0.3, 0.4) is 0 Å². The Morgan fingerprint density at radius 1 is 1.45 bits per heavy atom. The maximum absolute atomic E-state index is 12.1. The molecule has 6 heteroatoms. The highest BCUT2D eigenvalue weighted by molar-refractivity contribution is 14.0. The Kier molecular flexibility index (Phi) is 11.1. The largest absolute Gasteiger partial charge is 0.357 e. The van der Waals surface area contributed by atoms with E-state index in [1.807, 2.05) is 18.3 Å². The zero-order chi connectivity index (χ0) is 14.1. The first kappa shape index (κ1) is 19.6. The van der Waals surface area contributed by atoms with Gasteiger partial charge >= 0.3 is 0 Å². The van der Waals surface area contributed by atoms with E-state index < -0.39 is 0 Å². The summed E-state index contributed by atoms with van der Waals surface area (Å²) in [5, 5.41) is 6.54. The van der Waals surface area contributed by atoms with Crippen molar-refractivity contribution in [3.8, 4) is 0 Å². The van der Waals surface area contributed by atoms with Crippen LogP contribution in [0.25, 0.3) is 0 Å². The first-order chi connectivity index (χ1) is 9.15. The fraction of sp³-hybridized carbons (Fsp3) is 0.643. The van der Waals surface area contributed by atoms with Crippen molar-refractivity contribution in [2.75, 3.05) is 19.8 Å². The number of aliphatic imine (C=N–C) groups is 1. The Hall–Kier alpha value is -0.370. The number of rotatable bonds is 7. The smallest absolute Gasteiger partial charge is 0.191 e. The second kappa shape index (κ2) is 11.3. The first-order valence-electron chi connectivity index (χ1n) is 6.81. The molecule has 0 aliphatic heterocycles.